The number of carbonyl (C=O) groups is 1. The molecule has 28 heavy (non-hydrogen) atoms. The Bertz CT molecular complexity index is 770. The summed E-state index contributed by atoms with van der Waals surface area (Å²) >= 11 is 0. The van der Waals surface area contributed by atoms with Gasteiger partial charge < -0.3 is 14.6 Å². The number of ether oxygens (including phenoxy) is 1. The second kappa shape index (κ2) is 9.25. The maximum atomic E-state index is 13.0. The molecular weight excluding hydrogens is 363 g/mol. The largest absolute Gasteiger partial charge is 0.373 e. The average molecular weight is 390 g/mol. The number of carbonyl (C=O) groups excluding carboxylic acids is 1. The molecule has 2 aromatic rings. The lowest BCUT2D eigenvalue weighted by molar-refractivity contribution is -0.121. The minimum Gasteiger partial charge on any atom is -0.373 e. The summed E-state index contributed by atoms with van der Waals surface area (Å²) in [6.45, 7) is 8.57. The van der Waals surface area contributed by atoms with E-state index in [1.165, 1.54) is 12.1 Å². The summed E-state index contributed by atoms with van der Waals surface area (Å²) < 4.78 is 23.9. The lowest BCUT2D eigenvalue weighted by atomic mass is 10.1. The van der Waals surface area contributed by atoms with E-state index < -0.39 is 0 Å². The van der Waals surface area contributed by atoms with Crippen molar-refractivity contribution in [1.82, 2.24) is 20.4 Å². The third-order valence-electron chi connectivity index (χ3n) is 4.80. The number of aryl methyl sites for hydroxylation is 1. The van der Waals surface area contributed by atoms with Crippen LogP contribution in [0.2, 0.25) is 0 Å². The fourth-order valence-corrected chi connectivity index (χ4v) is 3.35. The number of hydrogen-bond acceptors (Lipinski definition) is 6. The van der Waals surface area contributed by atoms with Crippen molar-refractivity contribution < 1.29 is 18.4 Å². The molecule has 3 unspecified atom stereocenters. The van der Waals surface area contributed by atoms with Gasteiger partial charge in [0.1, 0.15) is 5.82 Å². The summed E-state index contributed by atoms with van der Waals surface area (Å²) in [5.41, 5.74) is 0.670. The Balaban J connectivity index is 1.42. The van der Waals surface area contributed by atoms with E-state index in [0.29, 0.717) is 30.2 Å². The molecule has 8 heteroatoms. The van der Waals surface area contributed by atoms with Gasteiger partial charge in [0, 0.05) is 44.1 Å². The van der Waals surface area contributed by atoms with E-state index in [4.69, 9.17) is 9.26 Å². The lowest BCUT2D eigenvalue weighted by Crippen LogP contribution is -2.52. The van der Waals surface area contributed by atoms with Crippen molar-refractivity contribution in [3.05, 3.63) is 36.0 Å². The number of aromatic nitrogens is 2. The first-order valence-corrected chi connectivity index (χ1v) is 9.65. The Labute approximate surface area is 164 Å². The number of morpholine rings is 1. The van der Waals surface area contributed by atoms with Crippen LogP contribution in [0.5, 0.6) is 0 Å². The first kappa shape index (κ1) is 20.4. The Morgan fingerprint density at radius 3 is 2.64 bits per heavy atom. The molecule has 0 radical (unpaired) electrons. The number of hydrogen-bond donors (Lipinski definition) is 1. The van der Waals surface area contributed by atoms with Gasteiger partial charge in [0.2, 0.25) is 17.6 Å². The standard InChI is InChI=1S/C20H27FN4O3/c1-13(25-11-14(2)27-15(3)12-25)10-22-18(26)8-9-19-23-20(24-28-19)16-4-6-17(21)7-5-16/h4-7,13-15H,8-12H2,1-3H3,(H,22,26). The molecule has 0 spiro atoms. The maximum absolute atomic E-state index is 13.0. The molecule has 2 heterocycles. The number of benzene rings is 1. The van der Waals surface area contributed by atoms with Crippen molar-refractivity contribution in [2.45, 2.75) is 51.9 Å². The molecule has 1 fully saturated rings. The van der Waals surface area contributed by atoms with Gasteiger partial charge in [0.15, 0.2) is 0 Å². The minimum absolute atomic E-state index is 0.0530. The molecule has 0 bridgehead atoms. The van der Waals surface area contributed by atoms with Crippen LogP contribution < -0.4 is 5.32 Å². The highest BCUT2D eigenvalue weighted by atomic mass is 19.1. The molecule has 0 saturated carbocycles. The Hall–Kier alpha value is -2.32. The Morgan fingerprint density at radius 1 is 1.29 bits per heavy atom. The van der Waals surface area contributed by atoms with Crippen LogP contribution in [0.25, 0.3) is 11.4 Å². The molecule has 1 N–H and O–H groups in total. The fourth-order valence-electron chi connectivity index (χ4n) is 3.35. The van der Waals surface area contributed by atoms with Gasteiger partial charge in [-0.05, 0) is 45.0 Å². The SMILES string of the molecule is CC1CN(C(C)CNC(=O)CCc2nc(-c3ccc(F)cc3)no2)CC(C)O1. The second-order valence-corrected chi connectivity index (χ2v) is 7.38. The van der Waals surface area contributed by atoms with Crippen molar-refractivity contribution in [1.29, 1.82) is 0 Å². The molecule has 1 aliphatic heterocycles. The van der Waals surface area contributed by atoms with E-state index >= 15 is 0 Å². The molecule has 7 nitrogen and oxygen atoms in total. The number of halogens is 1. The average Bonchev–Trinajstić information content (AvgIpc) is 3.13. The van der Waals surface area contributed by atoms with Gasteiger partial charge in [0.05, 0.1) is 12.2 Å². The van der Waals surface area contributed by atoms with E-state index in [1.54, 1.807) is 12.1 Å². The first-order chi connectivity index (χ1) is 13.4. The summed E-state index contributed by atoms with van der Waals surface area (Å²) in [6, 6.07) is 6.11. The maximum Gasteiger partial charge on any atom is 0.227 e. The van der Waals surface area contributed by atoms with Crippen molar-refractivity contribution in [2.75, 3.05) is 19.6 Å². The predicted octanol–water partition coefficient (Wildman–Crippen LogP) is 2.42. The zero-order valence-corrected chi connectivity index (χ0v) is 16.5. The van der Waals surface area contributed by atoms with Crippen LogP contribution in [-0.2, 0) is 16.0 Å². The van der Waals surface area contributed by atoms with Gasteiger partial charge in [-0.15, -0.1) is 0 Å². The van der Waals surface area contributed by atoms with Crippen LogP contribution in [0.4, 0.5) is 4.39 Å². The summed E-state index contributed by atoms with van der Waals surface area (Å²) in [6.07, 6.45) is 1.04. The number of rotatable bonds is 7. The van der Waals surface area contributed by atoms with Crippen molar-refractivity contribution in [2.24, 2.45) is 0 Å². The zero-order valence-electron chi connectivity index (χ0n) is 16.5. The molecule has 152 valence electrons. The molecule has 0 aliphatic carbocycles. The lowest BCUT2D eigenvalue weighted by Gasteiger charge is -2.39. The highest BCUT2D eigenvalue weighted by molar-refractivity contribution is 5.76. The van der Waals surface area contributed by atoms with Gasteiger partial charge in [-0.2, -0.15) is 4.98 Å². The number of amides is 1. The van der Waals surface area contributed by atoms with Gasteiger partial charge in [-0.1, -0.05) is 5.16 Å². The van der Waals surface area contributed by atoms with Crippen LogP contribution >= 0.6 is 0 Å². The molecule has 1 amide bonds. The van der Waals surface area contributed by atoms with Crippen LogP contribution in [0, 0.1) is 5.82 Å². The Morgan fingerprint density at radius 2 is 1.96 bits per heavy atom. The van der Waals surface area contributed by atoms with E-state index in [0.717, 1.165) is 13.1 Å². The molecular formula is C20H27FN4O3. The van der Waals surface area contributed by atoms with Crippen LogP contribution in [0.15, 0.2) is 28.8 Å². The smallest absolute Gasteiger partial charge is 0.227 e. The highest BCUT2D eigenvalue weighted by Gasteiger charge is 2.25. The third kappa shape index (κ3) is 5.59. The molecule has 3 atom stereocenters. The fraction of sp³-hybridized carbons (Fsp3) is 0.550. The number of nitrogens with one attached hydrogen (secondary N) is 1. The van der Waals surface area contributed by atoms with Crippen LogP contribution in [0.1, 0.15) is 33.1 Å². The van der Waals surface area contributed by atoms with E-state index in [2.05, 4.69) is 41.1 Å². The minimum atomic E-state index is -0.320. The normalized spacial score (nSPS) is 21.4. The topological polar surface area (TPSA) is 80.5 Å². The van der Waals surface area contributed by atoms with E-state index in [1.807, 2.05) is 0 Å². The van der Waals surface area contributed by atoms with Crippen molar-refractivity contribution in [3.8, 4) is 11.4 Å². The molecule has 1 aliphatic rings. The molecule has 3 rings (SSSR count). The van der Waals surface area contributed by atoms with Gasteiger partial charge in [-0.3, -0.25) is 9.69 Å². The zero-order chi connectivity index (χ0) is 20.1. The van der Waals surface area contributed by atoms with Crippen LogP contribution in [-0.4, -0.2) is 58.8 Å². The third-order valence-corrected chi connectivity index (χ3v) is 4.80. The van der Waals surface area contributed by atoms with Gasteiger partial charge in [0.25, 0.3) is 0 Å². The predicted molar refractivity (Wildman–Crippen MR) is 102 cm³/mol. The second-order valence-electron chi connectivity index (χ2n) is 7.38. The summed E-state index contributed by atoms with van der Waals surface area (Å²) in [4.78, 5) is 18.8. The van der Waals surface area contributed by atoms with E-state index in [9.17, 15) is 9.18 Å². The summed E-state index contributed by atoms with van der Waals surface area (Å²) in [7, 11) is 0. The van der Waals surface area contributed by atoms with Gasteiger partial charge >= 0.3 is 0 Å². The van der Waals surface area contributed by atoms with Gasteiger partial charge in [-0.25, -0.2) is 4.39 Å². The van der Waals surface area contributed by atoms with Crippen molar-refractivity contribution in [3.63, 3.8) is 0 Å². The van der Waals surface area contributed by atoms with E-state index in [-0.39, 0.29) is 36.4 Å². The Kier molecular flexibility index (Phi) is 6.74. The monoisotopic (exact) mass is 390 g/mol. The molecule has 1 aromatic carbocycles. The quantitative estimate of drug-likeness (QED) is 0.782. The molecule has 1 aromatic heterocycles. The number of nitrogens with zero attached hydrogens (tertiary/aromatic N) is 3. The molecule has 1 saturated heterocycles. The van der Waals surface area contributed by atoms with Crippen LogP contribution in [0.3, 0.4) is 0 Å². The highest BCUT2D eigenvalue weighted by Crippen LogP contribution is 2.17. The summed E-state index contributed by atoms with van der Waals surface area (Å²) in [5, 5.41) is 6.86. The van der Waals surface area contributed by atoms with Crippen molar-refractivity contribution >= 4 is 5.91 Å². The summed E-state index contributed by atoms with van der Waals surface area (Å²) in [5.74, 6) is 0.403. The first-order valence-electron chi connectivity index (χ1n) is 9.65.